The van der Waals surface area contributed by atoms with Gasteiger partial charge in [-0.1, -0.05) is 24.3 Å². The van der Waals surface area contributed by atoms with E-state index in [4.69, 9.17) is 12.2 Å². The number of carbonyl (C=O) groups excluding carboxylic acids is 3. The van der Waals surface area contributed by atoms with Gasteiger partial charge in [0.2, 0.25) is 11.0 Å². The minimum absolute atomic E-state index is 0.00742. The van der Waals surface area contributed by atoms with E-state index >= 15 is 0 Å². The topological polar surface area (TPSA) is 81.8 Å². The second-order valence-electron chi connectivity index (χ2n) is 7.39. The highest BCUT2D eigenvalue weighted by Gasteiger charge is 2.45. The molecule has 3 aromatic carbocycles. The highest BCUT2D eigenvalue weighted by Crippen LogP contribution is 2.26. The van der Waals surface area contributed by atoms with Gasteiger partial charge in [-0.3, -0.25) is 24.7 Å². The van der Waals surface area contributed by atoms with E-state index in [0.29, 0.717) is 11.4 Å². The normalized spacial score (nSPS) is 15.4. The lowest BCUT2D eigenvalue weighted by Crippen LogP contribution is -2.49. The Morgan fingerprint density at radius 3 is 2.38 bits per heavy atom. The van der Waals surface area contributed by atoms with Gasteiger partial charge in [0.05, 0.1) is 12.1 Å². The van der Waals surface area contributed by atoms with Crippen molar-refractivity contribution in [3.63, 3.8) is 0 Å². The number of thiocarbonyl (C=S) groups is 1. The van der Waals surface area contributed by atoms with Crippen LogP contribution in [0.25, 0.3) is 0 Å². The molecule has 1 heterocycles. The summed E-state index contributed by atoms with van der Waals surface area (Å²) >= 11 is 7.65. The third-order valence-electron chi connectivity index (χ3n) is 5.04. The van der Waals surface area contributed by atoms with Crippen molar-refractivity contribution in [1.29, 1.82) is 0 Å². The van der Waals surface area contributed by atoms with Crippen LogP contribution < -0.4 is 15.6 Å². The second-order valence-corrected chi connectivity index (χ2v) is 9.00. The number of hydrogen-bond acceptors (Lipinski definition) is 4. The molecule has 34 heavy (non-hydrogen) atoms. The van der Waals surface area contributed by atoms with Crippen LogP contribution in [0.2, 0.25) is 0 Å². The number of carbonyl (C=O) groups is 3. The highest BCUT2D eigenvalue weighted by molar-refractivity contribution is 14.1. The summed E-state index contributed by atoms with van der Waals surface area (Å²) in [6.45, 7) is 0. The Morgan fingerprint density at radius 2 is 1.71 bits per heavy atom. The second kappa shape index (κ2) is 10.3. The van der Waals surface area contributed by atoms with E-state index in [1.165, 1.54) is 28.1 Å². The molecule has 1 aliphatic heterocycles. The summed E-state index contributed by atoms with van der Waals surface area (Å²) in [5, 5.41) is 3.95. The summed E-state index contributed by atoms with van der Waals surface area (Å²) in [6.07, 6.45) is -0.266. The van der Waals surface area contributed by atoms with Crippen molar-refractivity contribution >= 4 is 69.0 Å². The molecule has 1 atom stereocenters. The van der Waals surface area contributed by atoms with Crippen molar-refractivity contribution in [2.75, 3.05) is 10.2 Å². The van der Waals surface area contributed by atoms with E-state index in [1.54, 1.807) is 42.5 Å². The Kier molecular flexibility index (Phi) is 7.17. The molecule has 0 radical (unpaired) electrons. The summed E-state index contributed by atoms with van der Waals surface area (Å²) in [5.41, 5.74) is 3.70. The van der Waals surface area contributed by atoms with E-state index in [9.17, 15) is 18.8 Å². The van der Waals surface area contributed by atoms with E-state index in [0.717, 1.165) is 9.64 Å². The zero-order chi connectivity index (χ0) is 24.2. The molecule has 2 N–H and O–H groups in total. The smallest absolute Gasteiger partial charge is 0.269 e. The van der Waals surface area contributed by atoms with Gasteiger partial charge in [0.25, 0.3) is 11.8 Å². The van der Waals surface area contributed by atoms with Gasteiger partial charge in [-0.05, 0) is 89.4 Å². The molecule has 172 valence electrons. The van der Waals surface area contributed by atoms with Gasteiger partial charge >= 0.3 is 0 Å². The molecule has 0 saturated carbocycles. The number of halogens is 2. The molecule has 1 unspecified atom stereocenters. The number of para-hydroxylation sites is 1. The van der Waals surface area contributed by atoms with Gasteiger partial charge in [0.15, 0.2) is 0 Å². The molecule has 0 spiro atoms. The number of amides is 3. The number of anilines is 2. The summed E-state index contributed by atoms with van der Waals surface area (Å²) < 4.78 is 14.6. The van der Waals surface area contributed by atoms with E-state index in [-0.39, 0.29) is 17.1 Å². The molecule has 3 aromatic rings. The van der Waals surface area contributed by atoms with Gasteiger partial charge in [0, 0.05) is 14.8 Å². The SMILES string of the molecule is O=C(CC1C(=O)N(c2ccccc2)C(=S)N1NC(=O)c1cccc(F)c1)Nc1ccc(I)cc1. The van der Waals surface area contributed by atoms with Crippen molar-refractivity contribution < 1.29 is 18.8 Å². The van der Waals surface area contributed by atoms with Crippen LogP contribution in [0.1, 0.15) is 16.8 Å². The first-order valence-electron chi connectivity index (χ1n) is 10.2. The quantitative estimate of drug-likeness (QED) is 0.335. The van der Waals surface area contributed by atoms with E-state index in [2.05, 4.69) is 33.3 Å². The van der Waals surface area contributed by atoms with Crippen LogP contribution in [0.15, 0.2) is 78.9 Å². The first-order valence-corrected chi connectivity index (χ1v) is 11.7. The number of rotatable bonds is 6. The van der Waals surface area contributed by atoms with Crippen molar-refractivity contribution in [2.24, 2.45) is 0 Å². The van der Waals surface area contributed by atoms with Crippen LogP contribution in [0.5, 0.6) is 0 Å². The van der Waals surface area contributed by atoms with Gasteiger partial charge < -0.3 is 5.32 Å². The Morgan fingerprint density at radius 1 is 1.00 bits per heavy atom. The Bertz CT molecular complexity index is 1260. The molecule has 10 heteroatoms. The number of hydrazine groups is 1. The molecule has 0 aliphatic carbocycles. The third-order valence-corrected chi connectivity index (χ3v) is 6.14. The predicted molar refractivity (Wildman–Crippen MR) is 138 cm³/mol. The lowest BCUT2D eigenvalue weighted by Gasteiger charge is -2.24. The number of benzene rings is 3. The molecule has 0 aromatic heterocycles. The molecule has 7 nitrogen and oxygen atoms in total. The predicted octanol–water partition coefficient (Wildman–Crippen LogP) is 4.11. The van der Waals surface area contributed by atoms with Crippen molar-refractivity contribution in [3.8, 4) is 0 Å². The Hall–Kier alpha value is -3.38. The van der Waals surface area contributed by atoms with Crippen molar-refractivity contribution in [3.05, 3.63) is 93.8 Å². The molecule has 1 saturated heterocycles. The summed E-state index contributed by atoms with van der Waals surface area (Å²) in [6, 6.07) is 19.9. The third kappa shape index (κ3) is 5.23. The molecule has 3 amide bonds. The standard InChI is InChI=1S/C24H18FIN4O3S/c25-16-6-4-5-15(13-16)22(32)28-30-20(14-21(31)27-18-11-9-17(26)10-12-18)23(33)29(24(30)34)19-7-2-1-3-8-19/h1-13,20H,14H2,(H,27,31)(H,28,32). The first-order chi connectivity index (χ1) is 16.3. The highest BCUT2D eigenvalue weighted by atomic mass is 127. The zero-order valence-corrected chi connectivity index (χ0v) is 20.5. The maximum atomic E-state index is 13.6. The average Bonchev–Trinajstić information content (AvgIpc) is 3.05. The lowest BCUT2D eigenvalue weighted by molar-refractivity contribution is -0.124. The van der Waals surface area contributed by atoms with Crippen LogP contribution in [-0.4, -0.2) is 33.9 Å². The molecule has 1 fully saturated rings. The average molecular weight is 588 g/mol. The zero-order valence-electron chi connectivity index (χ0n) is 17.6. The number of hydrogen-bond donors (Lipinski definition) is 2. The molecule has 0 bridgehead atoms. The minimum atomic E-state index is -1.09. The van der Waals surface area contributed by atoms with Gasteiger partial charge in [-0.15, -0.1) is 0 Å². The monoisotopic (exact) mass is 588 g/mol. The van der Waals surface area contributed by atoms with Crippen LogP contribution in [0, 0.1) is 9.39 Å². The first kappa shape index (κ1) is 23.8. The molecular formula is C24H18FIN4O3S. The largest absolute Gasteiger partial charge is 0.326 e. The Labute approximate surface area is 214 Å². The minimum Gasteiger partial charge on any atom is -0.326 e. The van der Waals surface area contributed by atoms with E-state index < -0.39 is 29.6 Å². The maximum absolute atomic E-state index is 13.6. The van der Waals surface area contributed by atoms with Gasteiger partial charge in [0.1, 0.15) is 11.9 Å². The number of nitrogens with one attached hydrogen (secondary N) is 2. The Balaban J connectivity index is 1.59. The number of nitrogens with zero attached hydrogens (tertiary/aromatic N) is 2. The van der Waals surface area contributed by atoms with Crippen molar-refractivity contribution in [1.82, 2.24) is 10.4 Å². The van der Waals surface area contributed by atoms with Gasteiger partial charge in [-0.25, -0.2) is 9.40 Å². The van der Waals surface area contributed by atoms with Crippen LogP contribution >= 0.6 is 34.8 Å². The fraction of sp³-hybridized carbons (Fsp3) is 0.0833. The summed E-state index contributed by atoms with van der Waals surface area (Å²) in [7, 11) is 0. The molecular weight excluding hydrogens is 570 g/mol. The summed E-state index contributed by atoms with van der Waals surface area (Å²) in [5.74, 6) is -2.13. The van der Waals surface area contributed by atoms with Crippen LogP contribution in [-0.2, 0) is 9.59 Å². The summed E-state index contributed by atoms with van der Waals surface area (Å²) in [4.78, 5) is 40.2. The lowest BCUT2D eigenvalue weighted by atomic mass is 10.1. The maximum Gasteiger partial charge on any atom is 0.269 e. The van der Waals surface area contributed by atoms with Crippen LogP contribution in [0.3, 0.4) is 0 Å². The van der Waals surface area contributed by atoms with Crippen LogP contribution in [0.4, 0.5) is 15.8 Å². The van der Waals surface area contributed by atoms with Crippen molar-refractivity contribution in [2.45, 2.75) is 12.5 Å². The van der Waals surface area contributed by atoms with E-state index in [1.807, 2.05) is 12.1 Å². The fourth-order valence-corrected chi connectivity index (χ4v) is 4.17. The fourth-order valence-electron chi connectivity index (χ4n) is 3.44. The van der Waals surface area contributed by atoms with Gasteiger partial charge in [-0.2, -0.15) is 0 Å². The molecule has 4 rings (SSSR count). The molecule has 1 aliphatic rings.